The van der Waals surface area contributed by atoms with Crippen molar-refractivity contribution in [1.82, 2.24) is 15.2 Å². The van der Waals surface area contributed by atoms with Gasteiger partial charge in [0.2, 0.25) is 10.0 Å². The molecule has 0 aliphatic carbocycles. The Bertz CT molecular complexity index is 1240. The number of ether oxygens (including phenoxy) is 1. The van der Waals surface area contributed by atoms with Crippen molar-refractivity contribution in [2.24, 2.45) is 0 Å². The van der Waals surface area contributed by atoms with Gasteiger partial charge in [-0.2, -0.15) is 4.31 Å². The van der Waals surface area contributed by atoms with Crippen LogP contribution in [0.4, 0.5) is 0 Å². The van der Waals surface area contributed by atoms with E-state index in [0.29, 0.717) is 30.2 Å². The lowest BCUT2D eigenvalue weighted by atomic mass is 10.2. The minimum absolute atomic E-state index is 0.0531. The van der Waals surface area contributed by atoms with Gasteiger partial charge in [0, 0.05) is 24.2 Å². The Balaban J connectivity index is 1.36. The Kier molecular flexibility index (Phi) is 6.71. The Morgan fingerprint density at radius 2 is 1.33 bits per heavy atom. The zero-order valence-corrected chi connectivity index (χ0v) is 18.5. The molecule has 33 heavy (non-hydrogen) atoms. The Hall–Kier alpha value is -3.69. The van der Waals surface area contributed by atoms with E-state index in [9.17, 15) is 18.0 Å². The van der Waals surface area contributed by atoms with E-state index in [4.69, 9.17) is 4.74 Å². The molecule has 0 bridgehead atoms. The highest BCUT2D eigenvalue weighted by molar-refractivity contribution is 7.89. The molecule has 1 saturated heterocycles. The first-order valence-corrected chi connectivity index (χ1v) is 11.9. The number of carbonyl (C=O) groups is 2. The molecule has 0 saturated carbocycles. The second-order valence-electron chi connectivity index (χ2n) is 7.49. The third-order valence-corrected chi connectivity index (χ3v) is 7.08. The lowest BCUT2D eigenvalue weighted by Gasteiger charge is -2.16. The van der Waals surface area contributed by atoms with Gasteiger partial charge in [0.05, 0.1) is 4.90 Å². The molecule has 0 atom stereocenters. The van der Waals surface area contributed by atoms with Gasteiger partial charge < -0.3 is 4.74 Å². The average molecular weight is 466 g/mol. The molecule has 8 nitrogen and oxygen atoms in total. The SMILES string of the molecule is O=C(NNC(=O)c1cccc(S(=O)(=O)N2CCCC2)c1)c1ccc(Oc2ccccc2)cc1. The van der Waals surface area contributed by atoms with Crippen LogP contribution in [0.15, 0.2) is 83.8 Å². The molecule has 0 radical (unpaired) electrons. The minimum atomic E-state index is -3.64. The first-order valence-electron chi connectivity index (χ1n) is 10.5. The van der Waals surface area contributed by atoms with E-state index in [0.717, 1.165) is 12.8 Å². The van der Waals surface area contributed by atoms with E-state index in [1.54, 1.807) is 24.3 Å². The summed E-state index contributed by atoms with van der Waals surface area (Å²) in [5.74, 6) is 0.107. The largest absolute Gasteiger partial charge is 0.457 e. The Morgan fingerprint density at radius 1 is 0.727 bits per heavy atom. The molecule has 0 aromatic heterocycles. The van der Waals surface area contributed by atoms with Crippen molar-refractivity contribution < 1.29 is 22.7 Å². The van der Waals surface area contributed by atoms with E-state index < -0.39 is 21.8 Å². The quantitative estimate of drug-likeness (QED) is 0.544. The molecular formula is C24H23N3O5S. The van der Waals surface area contributed by atoms with Gasteiger partial charge in [0.1, 0.15) is 11.5 Å². The van der Waals surface area contributed by atoms with E-state index in [2.05, 4.69) is 10.9 Å². The minimum Gasteiger partial charge on any atom is -0.457 e. The van der Waals surface area contributed by atoms with Gasteiger partial charge in [0.25, 0.3) is 11.8 Å². The number of sulfonamides is 1. The third-order valence-electron chi connectivity index (χ3n) is 5.18. The van der Waals surface area contributed by atoms with Gasteiger partial charge in [-0.3, -0.25) is 20.4 Å². The summed E-state index contributed by atoms with van der Waals surface area (Å²) in [6.07, 6.45) is 1.65. The lowest BCUT2D eigenvalue weighted by Crippen LogP contribution is -2.41. The van der Waals surface area contributed by atoms with Crippen molar-refractivity contribution >= 4 is 21.8 Å². The van der Waals surface area contributed by atoms with Crippen molar-refractivity contribution in [3.05, 3.63) is 90.0 Å². The fraction of sp³-hybridized carbons (Fsp3) is 0.167. The summed E-state index contributed by atoms with van der Waals surface area (Å²) in [4.78, 5) is 24.9. The third kappa shape index (κ3) is 5.39. The summed E-state index contributed by atoms with van der Waals surface area (Å²) < 4.78 is 32.5. The van der Waals surface area contributed by atoms with E-state index >= 15 is 0 Å². The lowest BCUT2D eigenvalue weighted by molar-refractivity contribution is 0.0846. The number of amides is 2. The van der Waals surface area contributed by atoms with E-state index in [1.165, 1.54) is 28.6 Å². The molecule has 9 heteroatoms. The van der Waals surface area contributed by atoms with Crippen molar-refractivity contribution in [2.75, 3.05) is 13.1 Å². The standard InChI is InChI=1S/C24H23N3O5S/c28-23(18-11-13-21(14-12-18)32-20-8-2-1-3-9-20)25-26-24(29)19-7-6-10-22(17-19)33(30,31)27-15-4-5-16-27/h1-3,6-14,17H,4-5,15-16H2,(H,25,28)(H,26,29). The van der Waals surface area contributed by atoms with Crippen LogP contribution in [0.25, 0.3) is 0 Å². The Morgan fingerprint density at radius 3 is 2.00 bits per heavy atom. The number of nitrogens with one attached hydrogen (secondary N) is 2. The monoisotopic (exact) mass is 465 g/mol. The normalized spacial score (nSPS) is 13.9. The number of hydrogen-bond acceptors (Lipinski definition) is 5. The number of carbonyl (C=O) groups excluding carboxylic acids is 2. The van der Waals surface area contributed by atoms with Crippen molar-refractivity contribution in [1.29, 1.82) is 0 Å². The summed E-state index contributed by atoms with van der Waals surface area (Å²) in [6.45, 7) is 0.952. The molecular weight excluding hydrogens is 442 g/mol. The molecule has 1 aliphatic heterocycles. The van der Waals surface area contributed by atoms with Crippen LogP contribution < -0.4 is 15.6 Å². The number of para-hydroxylation sites is 1. The second-order valence-corrected chi connectivity index (χ2v) is 9.42. The predicted molar refractivity (Wildman–Crippen MR) is 122 cm³/mol. The summed E-state index contributed by atoms with van der Waals surface area (Å²) in [5, 5.41) is 0. The van der Waals surface area contributed by atoms with Crippen molar-refractivity contribution in [2.45, 2.75) is 17.7 Å². The molecule has 2 N–H and O–H groups in total. The van der Waals surface area contributed by atoms with Crippen LogP contribution >= 0.6 is 0 Å². The number of rotatable bonds is 6. The molecule has 1 aliphatic rings. The zero-order valence-electron chi connectivity index (χ0n) is 17.7. The van der Waals surface area contributed by atoms with Crippen LogP contribution in [-0.2, 0) is 10.0 Å². The van der Waals surface area contributed by atoms with Crippen LogP contribution in [0.2, 0.25) is 0 Å². The maximum Gasteiger partial charge on any atom is 0.269 e. The van der Waals surface area contributed by atoms with Crippen molar-refractivity contribution in [3.63, 3.8) is 0 Å². The van der Waals surface area contributed by atoms with Crippen LogP contribution in [0.1, 0.15) is 33.6 Å². The topological polar surface area (TPSA) is 105 Å². The summed E-state index contributed by atoms with van der Waals surface area (Å²) in [7, 11) is -3.64. The van der Waals surface area contributed by atoms with Gasteiger partial charge in [-0.05, 0) is 67.4 Å². The van der Waals surface area contributed by atoms with Gasteiger partial charge in [0.15, 0.2) is 0 Å². The molecule has 3 aromatic rings. The fourth-order valence-corrected chi connectivity index (χ4v) is 5.00. The Labute approximate surface area is 192 Å². The second kappa shape index (κ2) is 9.85. The van der Waals surface area contributed by atoms with Crippen LogP contribution in [0.5, 0.6) is 11.5 Å². The van der Waals surface area contributed by atoms with E-state index in [1.807, 2.05) is 30.3 Å². The van der Waals surface area contributed by atoms with Crippen LogP contribution in [0, 0.1) is 0 Å². The molecule has 1 heterocycles. The number of hydrogen-bond donors (Lipinski definition) is 2. The molecule has 4 rings (SSSR count). The molecule has 0 unspecified atom stereocenters. The maximum absolute atomic E-state index is 12.7. The molecule has 1 fully saturated rings. The molecule has 2 amide bonds. The average Bonchev–Trinajstić information content (AvgIpc) is 3.40. The summed E-state index contributed by atoms with van der Waals surface area (Å²) in [5.41, 5.74) is 5.11. The summed E-state index contributed by atoms with van der Waals surface area (Å²) >= 11 is 0. The highest BCUT2D eigenvalue weighted by atomic mass is 32.2. The maximum atomic E-state index is 12.7. The molecule has 170 valence electrons. The number of hydrazine groups is 1. The van der Waals surface area contributed by atoms with E-state index in [-0.39, 0.29) is 10.5 Å². The fourth-order valence-electron chi connectivity index (χ4n) is 3.43. The highest BCUT2D eigenvalue weighted by Gasteiger charge is 2.27. The first-order chi connectivity index (χ1) is 15.9. The van der Waals surface area contributed by atoms with Crippen LogP contribution in [-0.4, -0.2) is 37.6 Å². The first kappa shape index (κ1) is 22.5. The van der Waals surface area contributed by atoms with Crippen molar-refractivity contribution in [3.8, 4) is 11.5 Å². The van der Waals surface area contributed by atoms with Gasteiger partial charge >= 0.3 is 0 Å². The predicted octanol–water partition coefficient (Wildman–Crippen LogP) is 3.34. The number of nitrogens with zero attached hydrogens (tertiary/aromatic N) is 1. The highest BCUT2D eigenvalue weighted by Crippen LogP contribution is 2.22. The number of benzene rings is 3. The van der Waals surface area contributed by atoms with Crippen LogP contribution in [0.3, 0.4) is 0 Å². The zero-order chi connectivity index (χ0) is 23.3. The van der Waals surface area contributed by atoms with Gasteiger partial charge in [-0.15, -0.1) is 0 Å². The smallest absolute Gasteiger partial charge is 0.269 e. The molecule has 0 spiro atoms. The molecule has 3 aromatic carbocycles. The van der Waals surface area contributed by atoms with Gasteiger partial charge in [-0.1, -0.05) is 24.3 Å². The van der Waals surface area contributed by atoms with Gasteiger partial charge in [-0.25, -0.2) is 8.42 Å². The summed E-state index contributed by atoms with van der Waals surface area (Å²) in [6, 6.07) is 21.5.